The molecule has 1 N–H and O–H groups in total. The van der Waals surface area contributed by atoms with Crippen LogP contribution in [-0.2, 0) is 16.7 Å². The molecule has 3 aromatic rings. The van der Waals surface area contributed by atoms with Crippen LogP contribution in [0.1, 0.15) is 5.56 Å². The van der Waals surface area contributed by atoms with E-state index in [0.29, 0.717) is 5.56 Å². The Labute approximate surface area is 126 Å². The van der Waals surface area contributed by atoms with Crippen LogP contribution in [0.2, 0.25) is 0 Å². The molecule has 108 valence electrons. The highest BCUT2D eigenvalue weighted by Crippen LogP contribution is 2.38. The van der Waals surface area contributed by atoms with E-state index in [2.05, 4.69) is 0 Å². The van der Waals surface area contributed by atoms with Gasteiger partial charge in [0, 0.05) is 15.6 Å². The summed E-state index contributed by atoms with van der Waals surface area (Å²) in [4.78, 5) is 0.0892. The summed E-state index contributed by atoms with van der Waals surface area (Å²) in [6, 6.07) is 15.3. The summed E-state index contributed by atoms with van der Waals surface area (Å²) in [6.45, 7) is -0.274. The molecule has 0 fully saturated rings. The monoisotopic (exact) mass is 320 g/mol. The number of thiophene rings is 1. The van der Waals surface area contributed by atoms with Crippen molar-refractivity contribution in [1.29, 1.82) is 0 Å². The molecule has 0 aliphatic carbocycles. The van der Waals surface area contributed by atoms with Crippen LogP contribution in [0, 0.1) is 0 Å². The maximum absolute atomic E-state index is 12.2. The molecule has 2 aromatic carbocycles. The normalized spacial score (nSPS) is 11.7. The Bertz CT molecular complexity index is 867. The predicted octanol–water partition coefficient (Wildman–Crippen LogP) is 3.16. The highest BCUT2D eigenvalue weighted by Gasteiger charge is 2.21. The van der Waals surface area contributed by atoms with Gasteiger partial charge in [0.1, 0.15) is 4.90 Å². The van der Waals surface area contributed by atoms with Crippen molar-refractivity contribution in [1.82, 2.24) is 0 Å². The largest absolute Gasteiger partial charge is 0.391 e. The molecule has 0 spiro atoms. The lowest BCUT2D eigenvalue weighted by Gasteiger charge is -2.06. The Morgan fingerprint density at radius 2 is 1.67 bits per heavy atom. The third kappa shape index (κ3) is 2.65. The van der Waals surface area contributed by atoms with Crippen LogP contribution in [0.15, 0.2) is 59.5 Å². The van der Waals surface area contributed by atoms with Crippen LogP contribution in [0.25, 0.3) is 10.1 Å². The van der Waals surface area contributed by atoms with Crippen molar-refractivity contribution < 1.29 is 17.7 Å². The van der Waals surface area contributed by atoms with Crippen molar-refractivity contribution in [3.05, 3.63) is 60.2 Å². The summed E-state index contributed by atoms with van der Waals surface area (Å²) in [6.07, 6.45) is 0. The molecule has 0 atom stereocenters. The average Bonchev–Trinajstić information content (AvgIpc) is 2.84. The van der Waals surface area contributed by atoms with Gasteiger partial charge >= 0.3 is 10.1 Å². The number of aliphatic hydroxyl groups excluding tert-OH is 1. The number of rotatable bonds is 4. The Balaban J connectivity index is 2.06. The van der Waals surface area contributed by atoms with Crippen LogP contribution < -0.4 is 4.18 Å². The maximum atomic E-state index is 12.2. The molecule has 21 heavy (non-hydrogen) atoms. The van der Waals surface area contributed by atoms with Gasteiger partial charge in [-0.2, -0.15) is 8.42 Å². The first-order valence-corrected chi connectivity index (χ1v) is 8.45. The Morgan fingerprint density at radius 1 is 1.00 bits per heavy atom. The zero-order valence-electron chi connectivity index (χ0n) is 10.9. The summed E-state index contributed by atoms with van der Waals surface area (Å²) in [5, 5.41) is 10.5. The van der Waals surface area contributed by atoms with Gasteiger partial charge in [0.2, 0.25) is 5.06 Å². The Hall–Kier alpha value is -1.89. The molecule has 0 bridgehead atoms. The molecule has 0 aliphatic rings. The fraction of sp³-hybridized carbons (Fsp3) is 0.0667. The van der Waals surface area contributed by atoms with Crippen molar-refractivity contribution >= 4 is 31.5 Å². The van der Waals surface area contributed by atoms with Crippen molar-refractivity contribution in [2.24, 2.45) is 0 Å². The van der Waals surface area contributed by atoms with Gasteiger partial charge in [0.25, 0.3) is 0 Å². The first-order valence-electron chi connectivity index (χ1n) is 6.22. The van der Waals surface area contributed by atoms with E-state index < -0.39 is 10.1 Å². The molecule has 0 saturated carbocycles. The minimum atomic E-state index is -3.89. The molecular formula is C15H12O4S2. The SMILES string of the molecule is O=S(=O)(Oc1sc2ccccc2c1CO)c1ccccc1. The first kappa shape index (κ1) is 14.1. The number of fused-ring (bicyclic) bond motifs is 1. The molecule has 0 saturated heterocycles. The van der Waals surface area contributed by atoms with Crippen LogP contribution in [0.5, 0.6) is 5.06 Å². The third-order valence-corrected chi connectivity index (χ3v) is 5.47. The van der Waals surface area contributed by atoms with Gasteiger partial charge in [-0.25, -0.2) is 0 Å². The summed E-state index contributed by atoms with van der Waals surface area (Å²) >= 11 is 1.21. The molecule has 0 radical (unpaired) electrons. The van der Waals surface area contributed by atoms with Gasteiger partial charge in [-0.15, -0.1) is 0 Å². The quantitative estimate of drug-likeness (QED) is 0.750. The third-order valence-electron chi connectivity index (χ3n) is 3.04. The van der Waals surface area contributed by atoms with E-state index in [1.165, 1.54) is 23.5 Å². The number of aliphatic hydroxyl groups is 1. The van der Waals surface area contributed by atoms with Crippen LogP contribution in [-0.4, -0.2) is 13.5 Å². The summed E-state index contributed by atoms with van der Waals surface area (Å²) in [5.41, 5.74) is 0.495. The lowest BCUT2D eigenvalue weighted by atomic mass is 10.2. The average molecular weight is 320 g/mol. The number of hydrogen-bond acceptors (Lipinski definition) is 5. The molecule has 0 aliphatic heterocycles. The van der Waals surface area contributed by atoms with E-state index in [4.69, 9.17) is 4.18 Å². The minimum Gasteiger partial charge on any atom is -0.391 e. The second kappa shape index (κ2) is 5.48. The molecule has 6 heteroatoms. The zero-order valence-corrected chi connectivity index (χ0v) is 12.5. The number of hydrogen-bond donors (Lipinski definition) is 1. The van der Waals surface area contributed by atoms with E-state index in [1.807, 2.05) is 24.3 Å². The van der Waals surface area contributed by atoms with Gasteiger partial charge in [-0.05, 0) is 18.2 Å². The number of benzene rings is 2. The van der Waals surface area contributed by atoms with Gasteiger partial charge in [0.15, 0.2) is 0 Å². The summed E-state index contributed by atoms with van der Waals surface area (Å²) in [7, 11) is -3.89. The van der Waals surface area contributed by atoms with Crippen LogP contribution in [0.3, 0.4) is 0 Å². The molecule has 1 aromatic heterocycles. The van der Waals surface area contributed by atoms with Gasteiger partial charge in [-0.3, -0.25) is 0 Å². The molecule has 0 unspecified atom stereocenters. The van der Waals surface area contributed by atoms with E-state index in [9.17, 15) is 13.5 Å². The zero-order chi connectivity index (χ0) is 14.9. The topological polar surface area (TPSA) is 63.6 Å². The van der Waals surface area contributed by atoms with Crippen molar-refractivity contribution in [2.75, 3.05) is 0 Å². The fourth-order valence-corrected chi connectivity index (χ4v) is 4.26. The highest BCUT2D eigenvalue weighted by atomic mass is 32.2. The van der Waals surface area contributed by atoms with E-state index >= 15 is 0 Å². The van der Waals surface area contributed by atoms with Gasteiger partial charge in [-0.1, -0.05) is 47.7 Å². The standard InChI is InChI=1S/C15H12O4S2/c16-10-13-12-8-4-5-9-14(12)20-15(13)19-21(17,18)11-6-2-1-3-7-11/h1-9,16H,10H2. The first-order chi connectivity index (χ1) is 10.1. The van der Waals surface area contributed by atoms with Crippen molar-refractivity contribution in [3.8, 4) is 5.06 Å². The van der Waals surface area contributed by atoms with E-state index in [0.717, 1.165) is 10.1 Å². The lowest BCUT2D eigenvalue weighted by Crippen LogP contribution is -2.09. The van der Waals surface area contributed by atoms with Gasteiger partial charge < -0.3 is 9.29 Å². The summed E-state index contributed by atoms with van der Waals surface area (Å²) in [5.74, 6) is 0. The molecular weight excluding hydrogens is 308 g/mol. The van der Waals surface area contributed by atoms with E-state index in [-0.39, 0.29) is 16.6 Å². The minimum absolute atomic E-state index is 0.0892. The smallest absolute Gasteiger partial charge is 0.340 e. The van der Waals surface area contributed by atoms with E-state index in [1.54, 1.807) is 18.2 Å². The molecule has 1 heterocycles. The Morgan fingerprint density at radius 3 is 2.38 bits per heavy atom. The fourth-order valence-electron chi connectivity index (χ4n) is 2.03. The Kier molecular flexibility index (Phi) is 3.67. The van der Waals surface area contributed by atoms with Crippen molar-refractivity contribution in [3.63, 3.8) is 0 Å². The highest BCUT2D eigenvalue weighted by molar-refractivity contribution is 7.87. The molecule has 4 nitrogen and oxygen atoms in total. The second-order valence-electron chi connectivity index (χ2n) is 4.37. The second-order valence-corrected chi connectivity index (χ2v) is 6.93. The molecule has 0 amide bonds. The van der Waals surface area contributed by atoms with Gasteiger partial charge in [0.05, 0.1) is 6.61 Å². The van der Waals surface area contributed by atoms with Crippen LogP contribution in [0.4, 0.5) is 0 Å². The summed E-state index contributed by atoms with van der Waals surface area (Å²) < 4.78 is 30.6. The predicted molar refractivity (Wildman–Crippen MR) is 82.0 cm³/mol. The maximum Gasteiger partial charge on any atom is 0.340 e. The lowest BCUT2D eigenvalue weighted by molar-refractivity contribution is 0.281. The molecule has 3 rings (SSSR count). The van der Waals surface area contributed by atoms with Crippen molar-refractivity contribution in [2.45, 2.75) is 11.5 Å². The van der Waals surface area contributed by atoms with Crippen LogP contribution >= 0.6 is 11.3 Å².